The smallest absolute Gasteiger partial charge is 0.245 e. The Balaban J connectivity index is 3.28. The largest absolute Gasteiger partial charge is 0.370 e. The quantitative estimate of drug-likeness (QED) is 0.576. The lowest BCUT2D eigenvalue weighted by atomic mass is 10.5. The van der Waals surface area contributed by atoms with Gasteiger partial charge in [-0.25, -0.2) is 0 Å². The zero-order chi connectivity index (χ0) is 10.1. The maximum Gasteiger partial charge on any atom is 0.245 e. The van der Waals surface area contributed by atoms with Gasteiger partial charge in [-0.3, -0.25) is 4.79 Å². The molecular formula is C9H20N2O2. The molecule has 0 aromatic carbocycles. The van der Waals surface area contributed by atoms with E-state index in [0.717, 1.165) is 19.6 Å². The molecule has 0 fully saturated rings. The van der Waals surface area contributed by atoms with Gasteiger partial charge in [-0.1, -0.05) is 13.8 Å². The van der Waals surface area contributed by atoms with Gasteiger partial charge >= 0.3 is 0 Å². The monoisotopic (exact) mass is 188 g/mol. The Bertz CT molecular complexity index is 136. The van der Waals surface area contributed by atoms with Crippen molar-refractivity contribution in [1.82, 2.24) is 10.2 Å². The van der Waals surface area contributed by atoms with E-state index in [2.05, 4.69) is 24.1 Å². The Labute approximate surface area is 80.2 Å². The Morgan fingerprint density at radius 2 is 2.00 bits per heavy atom. The van der Waals surface area contributed by atoms with Crippen LogP contribution in [0.1, 0.15) is 13.8 Å². The van der Waals surface area contributed by atoms with Crippen molar-refractivity contribution in [2.24, 2.45) is 0 Å². The third-order valence-electron chi connectivity index (χ3n) is 1.96. The summed E-state index contributed by atoms with van der Waals surface area (Å²) in [5.41, 5.74) is 0. The van der Waals surface area contributed by atoms with E-state index in [1.165, 1.54) is 0 Å². The zero-order valence-electron chi connectivity index (χ0n) is 8.80. The van der Waals surface area contributed by atoms with Crippen molar-refractivity contribution < 1.29 is 9.53 Å². The maximum absolute atomic E-state index is 10.7. The summed E-state index contributed by atoms with van der Waals surface area (Å²) in [6, 6.07) is 0. The van der Waals surface area contributed by atoms with Crippen LogP contribution in [-0.2, 0) is 9.53 Å². The maximum atomic E-state index is 10.7. The number of rotatable bonds is 7. The van der Waals surface area contributed by atoms with Crippen LogP contribution in [0.2, 0.25) is 0 Å². The molecule has 0 saturated carbocycles. The lowest BCUT2D eigenvalue weighted by molar-refractivity contribution is -0.125. The molecule has 78 valence electrons. The van der Waals surface area contributed by atoms with Crippen molar-refractivity contribution >= 4 is 5.91 Å². The van der Waals surface area contributed by atoms with Crippen molar-refractivity contribution in [3.8, 4) is 0 Å². The van der Waals surface area contributed by atoms with E-state index in [-0.39, 0.29) is 12.5 Å². The number of nitrogens with zero attached hydrogens (tertiary/aromatic N) is 1. The van der Waals surface area contributed by atoms with Crippen molar-refractivity contribution in [3.63, 3.8) is 0 Å². The molecule has 0 aromatic rings. The molecule has 0 heterocycles. The highest BCUT2D eigenvalue weighted by Gasteiger charge is 2.00. The van der Waals surface area contributed by atoms with Crippen LogP contribution in [0.5, 0.6) is 0 Å². The second-order valence-corrected chi connectivity index (χ2v) is 2.75. The van der Waals surface area contributed by atoms with Crippen LogP contribution in [0, 0.1) is 0 Å². The van der Waals surface area contributed by atoms with Gasteiger partial charge in [-0.05, 0) is 13.1 Å². The Morgan fingerprint density at radius 3 is 2.46 bits per heavy atom. The highest BCUT2D eigenvalue weighted by atomic mass is 16.5. The summed E-state index contributed by atoms with van der Waals surface area (Å²) in [6.07, 6.45) is 0. The molecule has 0 atom stereocenters. The van der Waals surface area contributed by atoms with Gasteiger partial charge in [0.1, 0.15) is 6.61 Å². The third kappa shape index (κ3) is 6.54. The fourth-order valence-corrected chi connectivity index (χ4v) is 0.971. The van der Waals surface area contributed by atoms with Crippen molar-refractivity contribution in [2.45, 2.75) is 13.8 Å². The fraction of sp³-hybridized carbons (Fsp3) is 0.889. The molecule has 0 saturated heterocycles. The second kappa shape index (κ2) is 8.01. The van der Waals surface area contributed by atoms with Gasteiger partial charge < -0.3 is 15.0 Å². The minimum Gasteiger partial charge on any atom is -0.370 e. The van der Waals surface area contributed by atoms with Crippen LogP contribution >= 0.6 is 0 Å². The van der Waals surface area contributed by atoms with Gasteiger partial charge in [0.25, 0.3) is 0 Å². The van der Waals surface area contributed by atoms with Crippen LogP contribution in [-0.4, -0.2) is 50.7 Å². The van der Waals surface area contributed by atoms with Crippen LogP contribution in [0.25, 0.3) is 0 Å². The predicted molar refractivity (Wildman–Crippen MR) is 52.7 cm³/mol. The number of hydrogen-bond acceptors (Lipinski definition) is 3. The zero-order valence-corrected chi connectivity index (χ0v) is 8.80. The first-order valence-electron chi connectivity index (χ1n) is 4.75. The minimum absolute atomic E-state index is 0.0699. The molecule has 0 aliphatic heterocycles. The summed E-state index contributed by atoms with van der Waals surface area (Å²) >= 11 is 0. The molecule has 1 amide bonds. The lowest BCUT2D eigenvalue weighted by Gasteiger charge is -2.17. The molecule has 1 N–H and O–H groups in total. The summed E-state index contributed by atoms with van der Waals surface area (Å²) in [4.78, 5) is 13.0. The van der Waals surface area contributed by atoms with Crippen molar-refractivity contribution in [3.05, 3.63) is 0 Å². The average Bonchev–Trinajstić information content (AvgIpc) is 2.18. The lowest BCUT2D eigenvalue weighted by Crippen LogP contribution is -2.29. The minimum atomic E-state index is -0.0699. The average molecular weight is 188 g/mol. The van der Waals surface area contributed by atoms with E-state index in [1.54, 1.807) is 7.05 Å². The number of nitrogens with one attached hydrogen (secondary N) is 1. The summed E-state index contributed by atoms with van der Waals surface area (Å²) < 4.78 is 5.17. The fourth-order valence-electron chi connectivity index (χ4n) is 0.971. The molecule has 0 spiro atoms. The molecule has 0 aliphatic carbocycles. The van der Waals surface area contributed by atoms with E-state index < -0.39 is 0 Å². The van der Waals surface area contributed by atoms with Gasteiger partial charge in [0.05, 0.1) is 6.61 Å². The van der Waals surface area contributed by atoms with Crippen molar-refractivity contribution in [2.75, 3.05) is 39.9 Å². The summed E-state index contributed by atoms with van der Waals surface area (Å²) in [5, 5.41) is 2.50. The SMILES string of the molecule is CCN(CC)CCOCC(=O)NC. The van der Waals surface area contributed by atoms with Gasteiger partial charge in [0.2, 0.25) is 5.91 Å². The number of likely N-dealkylation sites (N-methyl/N-ethyl adjacent to an activating group) is 2. The molecular weight excluding hydrogens is 168 g/mol. The molecule has 13 heavy (non-hydrogen) atoms. The van der Waals surface area contributed by atoms with Gasteiger partial charge in [-0.2, -0.15) is 0 Å². The molecule has 0 aliphatic rings. The highest BCUT2D eigenvalue weighted by Crippen LogP contribution is 1.86. The number of carbonyl (C=O) groups is 1. The first-order valence-corrected chi connectivity index (χ1v) is 4.75. The Morgan fingerprint density at radius 1 is 1.38 bits per heavy atom. The highest BCUT2D eigenvalue weighted by molar-refractivity contribution is 5.76. The van der Waals surface area contributed by atoms with Crippen molar-refractivity contribution in [1.29, 1.82) is 0 Å². The number of amides is 1. The number of ether oxygens (including phenoxy) is 1. The molecule has 0 unspecified atom stereocenters. The first kappa shape index (κ1) is 12.4. The van der Waals surface area contributed by atoms with Gasteiger partial charge in [0.15, 0.2) is 0 Å². The van der Waals surface area contributed by atoms with Gasteiger partial charge in [0, 0.05) is 13.6 Å². The molecule has 4 heteroatoms. The van der Waals surface area contributed by atoms with E-state index >= 15 is 0 Å². The molecule has 0 rings (SSSR count). The van der Waals surface area contributed by atoms with E-state index in [1.807, 2.05) is 0 Å². The standard InChI is InChI=1S/C9H20N2O2/c1-4-11(5-2)6-7-13-8-9(12)10-3/h4-8H2,1-3H3,(H,10,12). The summed E-state index contributed by atoms with van der Waals surface area (Å²) in [6.45, 7) is 7.96. The van der Waals surface area contributed by atoms with Crippen LogP contribution < -0.4 is 5.32 Å². The number of carbonyl (C=O) groups excluding carboxylic acids is 1. The Kier molecular flexibility index (Phi) is 7.63. The third-order valence-corrected chi connectivity index (χ3v) is 1.96. The normalized spacial score (nSPS) is 10.5. The number of hydrogen-bond donors (Lipinski definition) is 1. The summed E-state index contributed by atoms with van der Waals surface area (Å²) in [7, 11) is 1.61. The molecule has 0 bridgehead atoms. The molecule has 0 radical (unpaired) electrons. The van der Waals surface area contributed by atoms with Gasteiger partial charge in [-0.15, -0.1) is 0 Å². The molecule has 4 nitrogen and oxygen atoms in total. The predicted octanol–water partition coefficient (Wildman–Crippen LogP) is 0.0908. The van der Waals surface area contributed by atoms with Crippen LogP contribution in [0.15, 0.2) is 0 Å². The topological polar surface area (TPSA) is 41.6 Å². The van der Waals surface area contributed by atoms with Crippen LogP contribution in [0.4, 0.5) is 0 Å². The van der Waals surface area contributed by atoms with E-state index in [0.29, 0.717) is 6.61 Å². The second-order valence-electron chi connectivity index (χ2n) is 2.75. The molecule has 0 aromatic heterocycles. The van der Waals surface area contributed by atoms with E-state index in [9.17, 15) is 4.79 Å². The van der Waals surface area contributed by atoms with E-state index in [4.69, 9.17) is 4.74 Å². The summed E-state index contributed by atoms with van der Waals surface area (Å²) in [5.74, 6) is -0.0699. The first-order chi connectivity index (χ1) is 6.24. The Hall–Kier alpha value is -0.610. The van der Waals surface area contributed by atoms with Crippen LogP contribution in [0.3, 0.4) is 0 Å².